The van der Waals surface area contributed by atoms with E-state index in [9.17, 15) is 9.65 Å². The van der Waals surface area contributed by atoms with Crippen molar-refractivity contribution in [3.05, 3.63) is 88.4 Å². The summed E-state index contributed by atoms with van der Waals surface area (Å²) in [6, 6.07) is 2.19. The topological polar surface area (TPSA) is 72.7 Å². The molecule has 6 aliphatic rings. The van der Waals surface area contributed by atoms with Gasteiger partial charge in [0.2, 0.25) is 5.96 Å². The zero-order valence-electron chi connectivity index (χ0n) is 18.8. The molecular weight excluding hydrogens is 429 g/mol. The highest BCUT2D eigenvalue weighted by atomic mass is 19.1. The molecule has 4 atom stereocenters. The van der Waals surface area contributed by atoms with Gasteiger partial charge in [0, 0.05) is 43.1 Å². The first-order valence-corrected chi connectivity index (χ1v) is 11.9. The summed E-state index contributed by atoms with van der Waals surface area (Å²) in [4.78, 5) is 6.60. The summed E-state index contributed by atoms with van der Waals surface area (Å²) >= 11 is 0. The van der Waals surface area contributed by atoms with Crippen LogP contribution in [0, 0.1) is 29.1 Å². The average Bonchev–Trinajstić information content (AvgIpc) is 3.36. The number of aliphatic imine (C=N–C) groups is 1. The van der Waals surface area contributed by atoms with E-state index < -0.39 is 0 Å². The number of nitrogens with one attached hydrogen (secondary N) is 2. The van der Waals surface area contributed by atoms with Crippen LogP contribution >= 0.6 is 0 Å². The van der Waals surface area contributed by atoms with Crippen molar-refractivity contribution in [2.45, 2.75) is 18.9 Å². The quantitative estimate of drug-likeness (QED) is 0.638. The van der Waals surface area contributed by atoms with Gasteiger partial charge in [-0.1, -0.05) is 30.0 Å². The molecule has 0 amide bonds. The minimum absolute atomic E-state index is 0.0287. The van der Waals surface area contributed by atoms with E-state index in [0.717, 1.165) is 42.8 Å². The SMILES string of the molecule is N#CC1=CN2C(=C=C1)C(C1=CC3CCNCC3C=C1)=CNC2=NCC1=C(F)C=CC2OCCC12. The predicted octanol–water partition coefficient (Wildman–Crippen LogP) is 3.51. The molecule has 34 heavy (non-hydrogen) atoms. The van der Waals surface area contributed by atoms with Crippen molar-refractivity contribution in [2.24, 2.45) is 22.7 Å². The Kier molecular flexibility index (Phi) is 5.43. The van der Waals surface area contributed by atoms with Gasteiger partial charge in [-0.15, -0.1) is 0 Å². The Balaban J connectivity index is 1.32. The van der Waals surface area contributed by atoms with Crippen LogP contribution in [0.5, 0.6) is 0 Å². The zero-order chi connectivity index (χ0) is 23.1. The highest BCUT2D eigenvalue weighted by Gasteiger charge is 2.34. The molecule has 0 spiro atoms. The van der Waals surface area contributed by atoms with Crippen molar-refractivity contribution >= 4 is 5.96 Å². The predicted molar refractivity (Wildman–Crippen MR) is 127 cm³/mol. The van der Waals surface area contributed by atoms with Gasteiger partial charge in [0.15, 0.2) is 0 Å². The fraction of sp³-hybridized carbons (Fsp3) is 0.370. The smallest absolute Gasteiger partial charge is 0.207 e. The van der Waals surface area contributed by atoms with E-state index in [0.29, 0.717) is 35.5 Å². The maximum atomic E-state index is 14.7. The summed E-state index contributed by atoms with van der Waals surface area (Å²) in [5.41, 5.74) is 7.43. The second-order valence-corrected chi connectivity index (χ2v) is 9.31. The lowest BCUT2D eigenvalue weighted by molar-refractivity contribution is 0.131. The van der Waals surface area contributed by atoms with Crippen molar-refractivity contribution in [1.82, 2.24) is 15.5 Å². The molecule has 6 rings (SSSR count). The molecule has 172 valence electrons. The molecule has 4 heterocycles. The van der Waals surface area contributed by atoms with Crippen LogP contribution in [-0.2, 0) is 4.74 Å². The normalized spacial score (nSPS) is 32.7. The van der Waals surface area contributed by atoms with Crippen LogP contribution in [0.4, 0.5) is 4.39 Å². The molecule has 2 saturated heterocycles. The molecule has 2 aliphatic carbocycles. The fourth-order valence-electron chi connectivity index (χ4n) is 5.51. The summed E-state index contributed by atoms with van der Waals surface area (Å²) in [5.74, 6) is 1.40. The molecule has 0 bridgehead atoms. The number of piperidine rings is 1. The van der Waals surface area contributed by atoms with E-state index in [1.54, 1.807) is 18.4 Å². The molecule has 7 heteroatoms. The molecule has 2 fully saturated rings. The highest BCUT2D eigenvalue weighted by Crippen LogP contribution is 2.37. The molecule has 6 nitrogen and oxygen atoms in total. The second-order valence-electron chi connectivity index (χ2n) is 9.31. The highest BCUT2D eigenvalue weighted by molar-refractivity contribution is 5.88. The number of halogens is 1. The third-order valence-electron chi connectivity index (χ3n) is 7.37. The second kappa shape index (κ2) is 8.73. The van der Waals surface area contributed by atoms with E-state index >= 15 is 0 Å². The minimum atomic E-state index is -0.222. The van der Waals surface area contributed by atoms with Crippen LogP contribution in [-0.4, -0.2) is 43.2 Å². The standard InChI is InChI=1S/C27H26FN5O/c28-24-4-6-26-21(8-10-34-26)23(24)15-32-27-31-14-22(25-5-1-17(12-29)16-33(25)27)19-2-3-20-13-30-9-7-18(20)11-19/h1-4,6,11,14,16,18,20-21,26,30H,7-10,13,15H2,(H,31,32). The van der Waals surface area contributed by atoms with E-state index in [1.165, 1.54) is 6.08 Å². The van der Waals surface area contributed by atoms with Gasteiger partial charge in [-0.3, -0.25) is 4.90 Å². The average molecular weight is 456 g/mol. The zero-order valence-corrected chi connectivity index (χ0v) is 18.8. The molecule has 0 saturated carbocycles. The number of ether oxygens (including phenoxy) is 1. The van der Waals surface area contributed by atoms with Gasteiger partial charge in [-0.05, 0) is 48.4 Å². The number of nitriles is 1. The minimum Gasteiger partial charge on any atom is -0.373 e. The third kappa shape index (κ3) is 3.70. The monoisotopic (exact) mass is 455 g/mol. The maximum Gasteiger partial charge on any atom is 0.207 e. The number of nitrogens with zero attached hydrogens (tertiary/aromatic N) is 3. The van der Waals surface area contributed by atoms with Crippen LogP contribution in [0.15, 0.2) is 93.4 Å². The Hall–Kier alpha value is -3.43. The van der Waals surface area contributed by atoms with Gasteiger partial charge in [0.1, 0.15) is 17.6 Å². The van der Waals surface area contributed by atoms with Gasteiger partial charge in [-0.25, -0.2) is 9.38 Å². The maximum absolute atomic E-state index is 14.7. The van der Waals surface area contributed by atoms with Crippen LogP contribution in [0.2, 0.25) is 0 Å². The summed E-state index contributed by atoms with van der Waals surface area (Å²) in [5, 5.41) is 16.2. The van der Waals surface area contributed by atoms with E-state index in [-0.39, 0.29) is 24.4 Å². The van der Waals surface area contributed by atoms with E-state index in [1.807, 2.05) is 11.1 Å². The van der Waals surface area contributed by atoms with Gasteiger partial charge in [0.25, 0.3) is 0 Å². The summed E-state index contributed by atoms with van der Waals surface area (Å²) in [7, 11) is 0. The number of guanidine groups is 1. The fourth-order valence-corrected chi connectivity index (χ4v) is 5.51. The number of fused-ring (bicyclic) bond motifs is 3. The van der Waals surface area contributed by atoms with Crippen molar-refractivity contribution in [3.63, 3.8) is 0 Å². The summed E-state index contributed by atoms with van der Waals surface area (Å²) in [6.07, 6.45) is 17.4. The van der Waals surface area contributed by atoms with E-state index in [4.69, 9.17) is 9.73 Å². The Labute approximate surface area is 198 Å². The van der Waals surface area contributed by atoms with Crippen molar-refractivity contribution in [3.8, 4) is 6.07 Å². The summed E-state index contributed by atoms with van der Waals surface area (Å²) < 4.78 is 20.4. The molecular formula is C27H26FN5O. The van der Waals surface area contributed by atoms with Crippen LogP contribution < -0.4 is 10.6 Å². The largest absolute Gasteiger partial charge is 0.373 e. The Morgan fingerprint density at radius 2 is 2.21 bits per heavy atom. The van der Waals surface area contributed by atoms with Crippen molar-refractivity contribution < 1.29 is 9.13 Å². The molecule has 4 aliphatic heterocycles. The van der Waals surface area contributed by atoms with Gasteiger partial charge in [0.05, 0.1) is 18.2 Å². The molecule has 0 aromatic heterocycles. The van der Waals surface area contributed by atoms with Gasteiger partial charge < -0.3 is 15.4 Å². The summed E-state index contributed by atoms with van der Waals surface area (Å²) in [6.45, 7) is 2.91. The molecule has 0 radical (unpaired) electrons. The lowest BCUT2D eigenvalue weighted by Gasteiger charge is -2.35. The molecule has 2 N–H and O–H groups in total. The van der Waals surface area contributed by atoms with Gasteiger partial charge in [-0.2, -0.15) is 5.26 Å². The first-order valence-electron chi connectivity index (χ1n) is 11.9. The van der Waals surface area contributed by atoms with E-state index in [2.05, 4.69) is 40.7 Å². The lowest BCUT2D eigenvalue weighted by Crippen LogP contribution is -2.41. The number of hydrogen-bond acceptors (Lipinski definition) is 4. The van der Waals surface area contributed by atoms with Crippen molar-refractivity contribution in [2.75, 3.05) is 26.2 Å². The Morgan fingerprint density at radius 3 is 3.12 bits per heavy atom. The number of rotatable bonds is 3. The van der Waals surface area contributed by atoms with Gasteiger partial charge >= 0.3 is 0 Å². The number of hydrogen-bond donors (Lipinski definition) is 2. The van der Waals surface area contributed by atoms with Crippen LogP contribution in [0.3, 0.4) is 0 Å². The lowest BCUT2D eigenvalue weighted by atomic mass is 9.79. The molecule has 0 aromatic carbocycles. The third-order valence-corrected chi connectivity index (χ3v) is 7.37. The first-order chi connectivity index (χ1) is 16.7. The number of allylic oxidation sites excluding steroid dienone is 6. The Bertz CT molecular complexity index is 1230. The first kappa shape index (κ1) is 21.1. The van der Waals surface area contributed by atoms with Crippen LogP contribution in [0.25, 0.3) is 0 Å². The van der Waals surface area contributed by atoms with Crippen molar-refractivity contribution in [1.29, 1.82) is 5.26 Å². The Morgan fingerprint density at radius 1 is 1.26 bits per heavy atom. The molecule has 0 aromatic rings. The van der Waals surface area contributed by atoms with Crippen LogP contribution in [0.1, 0.15) is 12.8 Å². The molecule has 4 unspecified atom stereocenters.